The van der Waals surface area contributed by atoms with Crippen LogP contribution in [-0.2, 0) is 6.42 Å². The Morgan fingerprint density at radius 1 is 1.46 bits per heavy atom. The Bertz CT molecular complexity index is 289. The van der Waals surface area contributed by atoms with Crippen molar-refractivity contribution in [2.24, 2.45) is 0 Å². The van der Waals surface area contributed by atoms with Crippen LogP contribution in [-0.4, -0.2) is 0 Å². The Labute approximate surface area is 79.1 Å². The van der Waals surface area contributed by atoms with E-state index in [9.17, 15) is 4.39 Å². The predicted octanol–water partition coefficient (Wildman–Crippen LogP) is 3.64. The van der Waals surface area contributed by atoms with Crippen molar-refractivity contribution in [3.8, 4) is 0 Å². The summed E-state index contributed by atoms with van der Waals surface area (Å²) in [4.78, 5) is 0. The Morgan fingerprint density at radius 2 is 2.23 bits per heavy atom. The van der Waals surface area contributed by atoms with Crippen molar-refractivity contribution in [3.63, 3.8) is 0 Å². The van der Waals surface area contributed by atoms with Crippen LogP contribution < -0.4 is 0 Å². The maximum atomic E-state index is 13.1. The number of allylic oxidation sites excluding steroid dienone is 1. The molecule has 0 aliphatic carbocycles. The van der Waals surface area contributed by atoms with Crippen LogP contribution in [0, 0.1) is 12.7 Å². The van der Waals surface area contributed by atoms with E-state index in [1.54, 1.807) is 13.0 Å². The van der Waals surface area contributed by atoms with Crippen molar-refractivity contribution in [1.82, 2.24) is 0 Å². The maximum absolute atomic E-state index is 13.1. The van der Waals surface area contributed by atoms with Crippen molar-refractivity contribution in [2.75, 3.05) is 0 Å². The maximum Gasteiger partial charge on any atom is 0.126 e. The Morgan fingerprint density at radius 3 is 2.85 bits per heavy atom. The van der Waals surface area contributed by atoms with Gasteiger partial charge in [-0.3, -0.25) is 0 Å². The van der Waals surface area contributed by atoms with Crippen LogP contribution in [0.15, 0.2) is 30.9 Å². The normalized spacial score (nSPS) is 10.0. The molecule has 0 aromatic heterocycles. The molecule has 1 aromatic carbocycles. The summed E-state index contributed by atoms with van der Waals surface area (Å²) in [6.45, 7) is 5.43. The van der Waals surface area contributed by atoms with Gasteiger partial charge in [-0.05, 0) is 43.4 Å². The van der Waals surface area contributed by atoms with Crippen LogP contribution in [0.25, 0.3) is 0 Å². The molecule has 0 saturated heterocycles. The fourth-order valence-electron chi connectivity index (χ4n) is 1.24. The summed E-state index contributed by atoms with van der Waals surface area (Å²) in [6.07, 6.45) is 4.87. The summed E-state index contributed by atoms with van der Waals surface area (Å²) in [5.74, 6) is -0.101. The first-order valence-corrected chi connectivity index (χ1v) is 4.60. The van der Waals surface area contributed by atoms with Crippen molar-refractivity contribution in [2.45, 2.75) is 26.2 Å². The molecular formula is C12H15F. The molecule has 0 atom stereocenters. The Hall–Kier alpha value is -1.11. The molecule has 0 nitrogen and oxygen atoms in total. The topological polar surface area (TPSA) is 0 Å². The van der Waals surface area contributed by atoms with E-state index >= 15 is 0 Å². The number of aryl methyl sites for hydroxylation is 2. The van der Waals surface area contributed by atoms with Gasteiger partial charge in [-0.1, -0.05) is 18.2 Å². The Balaban J connectivity index is 2.57. The fraction of sp³-hybridized carbons (Fsp3) is 0.333. The highest BCUT2D eigenvalue weighted by atomic mass is 19.1. The summed E-state index contributed by atoms with van der Waals surface area (Å²) in [6, 6.07) is 5.44. The monoisotopic (exact) mass is 178 g/mol. The largest absolute Gasteiger partial charge is 0.207 e. The molecule has 70 valence electrons. The summed E-state index contributed by atoms with van der Waals surface area (Å²) < 4.78 is 13.1. The van der Waals surface area contributed by atoms with Crippen molar-refractivity contribution in [3.05, 3.63) is 47.8 Å². The van der Waals surface area contributed by atoms with Gasteiger partial charge in [0.15, 0.2) is 0 Å². The van der Waals surface area contributed by atoms with Gasteiger partial charge in [-0.2, -0.15) is 0 Å². The second-order valence-corrected chi connectivity index (χ2v) is 3.26. The van der Waals surface area contributed by atoms with Crippen LogP contribution in [0.1, 0.15) is 24.0 Å². The van der Waals surface area contributed by atoms with Gasteiger partial charge in [-0.25, -0.2) is 4.39 Å². The van der Waals surface area contributed by atoms with Gasteiger partial charge in [0, 0.05) is 0 Å². The number of unbranched alkanes of at least 4 members (excludes halogenated alkanes) is 1. The zero-order valence-corrected chi connectivity index (χ0v) is 8.02. The van der Waals surface area contributed by atoms with Crippen molar-refractivity contribution >= 4 is 0 Å². The van der Waals surface area contributed by atoms with Gasteiger partial charge in [0.1, 0.15) is 5.82 Å². The summed E-state index contributed by atoms with van der Waals surface area (Å²) in [7, 11) is 0. The van der Waals surface area contributed by atoms with Gasteiger partial charge < -0.3 is 0 Å². The first-order valence-electron chi connectivity index (χ1n) is 4.60. The van der Waals surface area contributed by atoms with Gasteiger partial charge in [0.25, 0.3) is 0 Å². The number of benzene rings is 1. The summed E-state index contributed by atoms with van der Waals surface area (Å²) >= 11 is 0. The highest BCUT2D eigenvalue weighted by Crippen LogP contribution is 2.11. The van der Waals surface area contributed by atoms with Crippen LogP contribution in [0.3, 0.4) is 0 Å². The minimum Gasteiger partial charge on any atom is -0.207 e. The minimum atomic E-state index is -0.101. The smallest absolute Gasteiger partial charge is 0.126 e. The van der Waals surface area contributed by atoms with E-state index in [1.165, 1.54) is 0 Å². The van der Waals surface area contributed by atoms with Crippen LogP contribution >= 0.6 is 0 Å². The SMILES string of the molecule is C=CCCCc1ccc(C)c(F)c1. The summed E-state index contributed by atoms with van der Waals surface area (Å²) in [5, 5.41) is 0. The van der Waals surface area contributed by atoms with Gasteiger partial charge in [-0.15, -0.1) is 6.58 Å². The highest BCUT2D eigenvalue weighted by molar-refractivity contribution is 5.23. The van der Waals surface area contributed by atoms with Crippen LogP contribution in [0.5, 0.6) is 0 Å². The minimum absolute atomic E-state index is 0.101. The third-order valence-electron chi connectivity index (χ3n) is 2.11. The number of halogens is 1. The van der Waals surface area contributed by atoms with Gasteiger partial charge in [0.2, 0.25) is 0 Å². The summed E-state index contributed by atoms with van der Waals surface area (Å²) in [5.41, 5.74) is 1.79. The third kappa shape index (κ3) is 3.02. The molecule has 0 spiro atoms. The lowest BCUT2D eigenvalue weighted by Crippen LogP contribution is -1.88. The molecule has 1 rings (SSSR count). The number of hydrogen-bond acceptors (Lipinski definition) is 0. The van der Waals surface area contributed by atoms with E-state index in [4.69, 9.17) is 0 Å². The van der Waals surface area contributed by atoms with E-state index in [0.29, 0.717) is 5.56 Å². The van der Waals surface area contributed by atoms with Crippen LogP contribution in [0.2, 0.25) is 0 Å². The number of rotatable bonds is 4. The quantitative estimate of drug-likeness (QED) is 0.487. The van der Waals surface area contributed by atoms with E-state index in [2.05, 4.69) is 6.58 Å². The average molecular weight is 178 g/mol. The lowest BCUT2D eigenvalue weighted by atomic mass is 10.1. The molecule has 0 bridgehead atoms. The molecule has 13 heavy (non-hydrogen) atoms. The zero-order chi connectivity index (χ0) is 9.68. The molecule has 0 N–H and O–H groups in total. The molecule has 1 aromatic rings. The van der Waals surface area contributed by atoms with Crippen molar-refractivity contribution in [1.29, 1.82) is 0 Å². The molecule has 0 fully saturated rings. The molecule has 0 aliphatic rings. The second-order valence-electron chi connectivity index (χ2n) is 3.26. The predicted molar refractivity (Wildman–Crippen MR) is 54.3 cm³/mol. The fourth-order valence-corrected chi connectivity index (χ4v) is 1.24. The standard InChI is InChI=1S/C12H15F/c1-3-4-5-6-11-8-7-10(2)12(13)9-11/h3,7-9H,1,4-6H2,2H3. The highest BCUT2D eigenvalue weighted by Gasteiger charge is 1.98. The molecule has 0 aliphatic heterocycles. The third-order valence-corrected chi connectivity index (χ3v) is 2.11. The zero-order valence-electron chi connectivity index (χ0n) is 8.02. The molecular weight excluding hydrogens is 163 g/mol. The second kappa shape index (κ2) is 4.80. The Kier molecular flexibility index (Phi) is 3.69. The van der Waals surface area contributed by atoms with Crippen molar-refractivity contribution < 1.29 is 4.39 Å². The molecule has 1 heteroatoms. The van der Waals surface area contributed by atoms with Gasteiger partial charge in [0.05, 0.1) is 0 Å². The molecule has 0 unspecified atom stereocenters. The first-order chi connectivity index (χ1) is 6.24. The first kappa shape index (κ1) is 9.97. The lowest BCUT2D eigenvalue weighted by Gasteiger charge is -2.01. The molecule has 0 amide bonds. The lowest BCUT2D eigenvalue weighted by molar-refractivity contribution is 0.615. The van der Waals surface area contributed by atoms with E-state index in [0.717, 1.165) is 24.8 Å². The molecule has 0 saturated carbocycles. The van der Waals surface area contributed by atoms with E-state index in [1.807, 2.05) is 18.2 Å². The van der Waals surface area contributed by atoms with E-state index in [-0.39, 0.29) is 5.82 Å². The number of hydrogen-bond donors (Lipinski definition) is 0. The average Bonchev–Trinajstić information content (AvgIpc) is 2.12. The molecule has 0 heterocycles. The van der Waals surface area contributed by atoms with Gasteiger partial charge >= 0.3 is 0 Å². The van der Waals surface area contributed by atoms with Crippen LogP contribution in [0.4, 0.5) is 4.39 Å². The van der Waals surface area contributed by atoms with E-state index < -0.39 is 0 Å². The molecule has 0 radical (unpaired) electrons.